The first-order valence-corrected chi connectivity index (χ1v) is 7.77. The maximum Gasteiger partial charge on any atom is 0.161 e. The van der Waals surface area contributed by atoms with Crippen LogP contribution in [-0.4, -0.2) is 30.3 Å². The van der Waals surface area contributed by atoms with Gasteiger partial charge in [0, 0.05) is 6.42 Å². The molecule has 2 rings (SSSR count). The maximum absolute atomic E-state index is 10.1. The molecular weight excluding hydrogens is 248 g/mol. The van der Waals surface area contributed by atoms with Crippen LogP contribution in [0.4, 0.5) is 0 Å². The molecule has 0 saturated heterocycles. The van der Waals surface area contributed by atoms with Gasteiger partial charge in [-0.05, 0) is 42.5 Å². The maximum atomic E-state index is 10.1. The molecule has 0 radical (unpaired) electrons. The average molecular weight is 268 g/mol. The van der Waals surface area contributed by atoms with Gasteiger partial charge in [-0.25, -0.2) is 0 Å². The Labute approximate surface area is 112 Å². The van der Waals surface area contributed by atoms with E-state index in [1.165, 1.54) is 0 Å². The van der Waals surface area contributed by atoms with Crippen LogP contribution in [0.1, 0.15) is 30.9 Å². The minimum Gasteiger partial charge on any atom is -0.490 e. The molecule has 0 aliphatic carbocycles. The summed E-state index contributed by atoms with van der Waals surface area (Å²) in [5.74, 6) is 2.63. The highest BCUT2D eigenvalue weighted by molar-refractivity contribution is 7.98. The molecule has 1 atom stereocenters. The van der Waals surface area contributed by atoms with Crippen molar-refractivity contribution in [2.45, 2.75) is 25.4 Å². The van der Waals surface area contributed by atoms with Crippen LogP contribution in [0, 0.1) is 0 Å². The molecule has 100 valence electrons. The van der Waals surface area contributed by atoms with Crippen molar-refractivity contribution in [3.05, 3.63) is 23.8 Å². The van der Waals surface area contributed by atoms with Crippen LogP contribution in [0.25, 0.3) is 0 Å². The molecule has 1 unspecified atom stereocenters. The second-order valence-electron chi connectivity index (χ2n) is 4.41. The number of hydrogen-bond acceptors (Lipinski definition) is 4. The fourth-order valence-electron chi connectivity index (χ4n) is 1.97. The van der Waals surface area contributed by atoms with Gasteiger partial charge in [-0.1, -0.05) is 6.07 Å². The van der Waals surface area contributed by atoms with E-state index in [1.807, 2.05) is 30.0 Å². The second kappa shape index (κ2) is 6.90. The zero-order valence-corrected chi connectivity index (χ0v) is 11.5. The van der Waals surface area contributed by atoms with Gasteiger partial charge < -0.3 is 14.6 Å². The minimum absolute atomic E-state index is 0.408. The summed E-state index contributed by atoms with van der Waals surface area (Å²) < 4.78 is 11.2. The highest BCUT2D eigenvalue weighted by atomic mass is 32.2. The van der Waals surface area contributed by atoms with Crippen molar-refractivity contribution in [2.24, 2.45) is 0 Å². The predicted molar refractivity (Wildman–Crippen MR) is 74.6 cm³/mol. The minimum atomic E-state index is -0.408. The first kappa shape index (κ1) is 13.6. The van der Waals surface area contributed by atoms with Crippen LogP contribution in [0.3, 0.4) is 0 Å². The van der Waals surface area contributed by atoms with Gasteiger partial charge in [0.15, 0.2) is 11.5 Å². The lowest BCUT2D eigenvalue weighted by molar-refractivity contribution is 0.166. The van der Waals surface area contributed by atoms with Crippen molar-refractivity contribution in [3.63, 3.8) is 0 Å². The topological polar surface area (TPSA) is 38.7 Å². The lowest BCUT2D eigenvalue weighted by Gasteiger charge is -2.13. The van der Waals surface area contributed by atoms with Gasteiger partial charge in [-0.15, -0.1) is 0 Å². The summed E-state index contributed by atoms with van der Waals surface area (Å²) >= 11 is 1.81. The first-order valence-electron chi connectivity index (χ1n) is 6.38. The number of fused-ring (bicyclic) bond motifs is 1. The van der Waals surface area contributed by atoms with E-state index in [2.05, 4.69) is 6.26 Å². The van der Waals surface area contributed by atoms with Gasteiger partial charge in [-0.3, -0.25) is 0 Å². The lowest BCUT2D eigenvalue weighted by Crippen LogP contribution is -2.00. The van der Waals surface area contributed by atoms with Gasteiger partial charge >= 0.3 is 0 Å². The van der Waals surface area contributed by atoms with Crippen LogP contribution in [-0.2, 0) is 0 Å². The van der Waals surface area contributed by atoms with E-state index >= 15 is 0 Å². The van der Waals surface area contributed by atoms with Gasteiger partial charge in [0.25, 0.3) is 0 Å². The molecule has 18 heavy (non-hydrogen) atoms. The van der Waals surface area contributed by atoms with E-state index in [1.54, 1.807) is 0 Å². The third kappa shape index (κ3) is 3.56. The lowest BCUT2D eigenvalue weighted by atomic mass is 10.0. The standard InChI is InChI=1S/C14H20O3S/c1-18-9-2-4-12(15)11-5-6-13-14(10-11)17-8-3-7-16-13/h5-6,10,12,15H,2-4,7-9H2,1H3. The molecule has 1 aromatic rings. The van der Waals surface area contributed by atoms with Crippen molar-refractivity contribution in [1.29, 1.82) is 0 Å². The molecule has 4 heteroatoms. The normalized spacial score (nSPS) is 16.1. The number of benzene rings is 1. The molecular formula is C14H20O3S. The molecule has 1 aliphatic heterocycles. The Morgan fingerprint density at radius 3 is 2.83 bits per heavy atom. The molecule has 1 N–H and O–H groups in total. The first-order chi connectivity index (χ1) is 8.81. The van der Waals surface area contributed by atoms with Gasteiger partial charge in [0.1, 0.15) is 0 Å². The third-order valence-electron chi connectivity index (χ3n) is 2.98. The summed E-state index contributed by atoms with van der Waals surface area (Å²) in [7, 11) is 0. The van der Waals surface area contributed by atoms with E-state index in [0.29, 0.717) is 13.2 Å². The quantitative estimate of drug-likeness (QED) is 0.833. The summed E-state index contributed by atoms with van der Waals surface area (Å²) in [6, 6.07) is 5.73. The van der Waals surface area contributed by atoms with Crippen LogP contribution >= 0.6 is 11.8 Å². The van der Waals surface area contributed by atoms with E-state index in [4.69, 9.17) is 9.47 Å². The summed E-state index contributed by atoms with van der Waals surface area (Å²) in [6.45, 7) is 1.38. The zero-order valence-electron chi connectivity index (χ0n) is 10.7. The number of ether oxygens (including phenoxy) is 2. The Hall–Kier alpha value is -0.870. The van der Waals surface area contributed by atoms with Gasteiger partial charge in [0.2, 0.25) is 0 Å². The highest BCUT2D eigenvalue weighted by Gasteiger charge is 2.14. The zero-order chi connectivity index (χ0) is 12.8. The molecule has 0 fully saturated rings. The SMILES string of the molecule is CSCCCC(O)c1ccc2c(c1)OCCCO2. The number of aliphatic hydroxyl groups is 1. The molecule has 0 saturated carbocycles. The summed E-state index contributed by atoms with van der Waals surface area (Å²) in [4.78, 5) is 0. The van der Waals surface area contributed by atoms with Gasteiger partial charge in [0.05, 0.1) is 19.3 Å². The summed E-state index contributed by atoms with van der Waals surface area (Å²) in [6.07, 6.45) is 4.40. The van der Waals surface area contributed by atoms with Crippen molar-refractivity contribution in [3.8, 4) is 11.5 Å². The number of rotatable bonds is 5. The molecule has 0 amide bonds. The fourth-order valence-corrected chi connectivity index (χ4v) is 2.43. The monoisotopic (exact) mass is 268 g/mol. The van der Waals surface area contributed by atoms with Crippen molar-refractivity contribution in [2.75, 3.05) is 25.2 Å². The molecule has 0 bridgehead atoms. The van der Waals surface area contributed by atoms with Crippen molar-refractivity contribution >= 4 is 11.8 Å². The Morgan fingerprint density at radius 2 is 2.06 bits per heavy atom. The van der Waals surface area contributed by atoms with Crippen molar-refractivity contribution < 1.29 is 14.6 Å². The highest BCUT2D eigenvalue weighted by Crippen LogP contribution is 2.33. The number of thioether (sulfide) groups is 1. The van der Waals surface area contributed by atoms with Crippen molar-refractivity contribution in [1.82, 2.24) is 0 Å². The average Bonchev–Trinajstić information content (AvgIpc) is 2.63. The Kier molecular flexibility index (Phi) is 5.20. The molecule has 1 heterocycles. The van der Waals surface area contributed by atoms with Crippen LogP contribution in [0.2, 0.25) is 0 Å². The van der Waals surface area contributed by atoms with Crippen LogP contribution in [0.5, 0.6) is 11.5 Å². The molecule has 1 aromatic carbocycles. The second-order valence-corrected chi connectivity index (χ2v) is 5.39. The fraction of sp³-hybridized carbons (Fsp3) is 0.571. The Morgan fingerprint density at radius 1 is 1.28 bits per heavy atom. The summed E-state index contributed by atoms with van der Waals surface area (Å²) in [5.41, 5.74) is 0.917. The van der Waals surface area contributed by atoms with Gasteiger partial charge in [-0.2, -0.15) is 11.8 Å². The van der Waals surface area contributed by atoms with E-state index in [-0.39, 0.29) is 0 Å². The molecule has 3 nitrogen and oxygen atoms in total. The Balaban J connectivity index is 2.02. The van der Waals surface area contributed by atoms with Crippen LogP contribution < -0.4 is 9.47 Å². The molecule has 0 aromatic heterocycles. The Bertz CT molecular complexity index is 381. The third-order valence-corrected chi connectivity index (χ3v) is 3.68. The predicted octanol–water partition coefficient (Wildman–Crippen LogP) is 3.02. The largest absolute Gasteiger partial charge is 0.490 e. The summed E-state index contributed by atoms with van der Waals surface area (Å²) in [5, 5.41) is 10.1. The molecule has 0 spiro atoms. The molecule has 1 aliphatic rings. The van der Waals surface area contributed by atoms with Crippen LogP contribution in [0.15, 0.2) is 18.2 Å². The van der Waals surface area contributed by atoms with E-state index in [9.17, 15) is 5.11 Å². The van der Waals surface area contributed by atoms with E-state index in [0.717, 1.165) is 42.1 Å². The number of hydrogen-bond donors (Lipinski definition) is 1. The number of aliphatic hydroxyl groups excluding tert-OH is 1. The van der Waals surface area contributed by atoms with E-state index < -0.39 is 6.10 Å². The smallest absolute Gasteiger partial charge is 0.161 e.